The smallest absolute Gasteiger partial charge is 0.177 e. The van der Waals surface area contributed by atoms with Crippen LogP contribution in [-0.2, 0) is 9.57 Å². The summed E-state index contributed by atoms with van der Waals surface area (Å²) in [7, 11) is 1.57. The van der Waals surface area contributed by atoms with Crippen LogP contribution in [0, 0.1) is 11.6 Å². The van der Waals surface area contributed by atoms with Crippen LogP contribution in [0.2, 0.25) is 0 Å². The number of halogens is 2. The first-order valence-electron chi connectivity index (χ1n) is 9.62. The Hall–Kier alpha value is -3.53. The SMILES string of the molecule is COCCON=C(C)c1ccc2nnc(C(C)c3c(F)cc4ncccc4c3F)n2n1. The molecule has 3 aromatic heterocycles. The molecule has 0 spiro atoms. The number of pyridine rings is 1. The summed E-state index contributed by atoms with van der Waals surface area (Å²) in [6, 6.07) is 7.82. The minimum atomic E-state index is -0.752. The molecule has 10 heteroatoms. The Balaban J connectivity index is 1.74. The number of aromatic nitrogens is 5. The molecule has 160 valence electrons. The number of hydrogen-bond acceptors (Lipinski definition) is 7. The predicted molar refractivity (Wildman–Crippen MR) is 110 cm³/mol. The lowest BCUT2D eigenvalue weighted by Crippen LogP contribution is -2.11. The molecule has 8 nitrogen and oxygen atoms in total. The number of nitrogens with zero attached hydrogens (tertiary/aromatic N) is 6. The van der Waals surface area contributed by atoms with Gasteiger partial charge >= 0.3 is 0 Å². The molecule has 31 heavy (non-hydrogen) atoms. The molecule has 0 aliphatic carbocycles. The Bertz CT molecular complexity index is 1270. The van der Waals surface area contributed by atoms with E-state index in [1.54, 1.807) is 45.2 Å². The molecule has 0 saturated carbocycles. The highest BCUT2D eigenvalue weighted by molar-refractivity contribution is 5.96. The summed E-state index contributed by atoms with van der Waals surface area (Å²) in [6.45, 7) is 4.11. The fourth-order valence-electron chi connectivity index (χ4n) is 3.27. The molecular weight excluding hydrogens is 406 g/mol. The number of methoxy groups -OCH3 is 1. The Morgan fingerprint density at radius 2 is 2.03 bits per heavy atom. The average Bonchev–Trinajstić information content (AvgIpc) is 3.20. The van der Waals surface area contributed by atoms with E-state index in [0.29, 0.717) is 36.1 Å². The molecule has 3 heterocycles. The Labute approximate surface area is 176 Å². The maximum Gasteiger partial charge on any atom is 0.177 e. The number of fused-ring (bicyclic) bond motifs is 2. The predicted octanol–water partition coefficient (Wildman–Crippen LogP) is 3.49. The summed E-state index contributed by atoms with van der Waals surface area (Å²) >= 11 is 0. The summed E-state index contributed by atoms with van der Waals surface area (Å²) < 4.78 is 36.4. The molecule has 0 saturated heterocycles. The maximum absolute atomic E-state index is 15.2. The minimum absolute atomic E-state index is 0.115. The number of rotatable bonds is 7. The third kappa shape index (κ3) is 3.93. The van der Waals surface area contributed by atoms with Crippen LogP contribution >= 0.6 is 0 Å². The van der Waals surface area contributed by atoms with Crippen LogP contribution in [0.1, 0.15) is 36.8 Å². The number of benzene rings is 1. The highest BCUT2D eigenvalue weighted by Crippen LogP contribution is 2.31. The van der Waals surface area contributed by atoms with Gasteiger partial charge in [-0.25, -0.2) is 8.78 Å². The van der Waals surface area contributed by atoms with Gasteiger partial charge in [-0.2, -0.15) is 9.61 Å². The lowest BCUT2D eigenvalue weighted by atomic mass is 9.97. The Morgan fingerprint density at radius 1 is 1.19 bits per heavy atom. The van der Waals surface area contributed by atoms with Crippen LogP contribution in [0.25, 0.3) is 16.6 Å². The molecule has 0 N–H and O–H groups in total. The zero-order valence-electron chi connectivity index (χ0n) is 17.2. The summed E-state index contributed by atoms with van der Waals surface area (Å²) in [4.78, 5) is 9.21. The summed E-state index contributed by atoms with van der Waals surface area (Å²) in [5, 5.41) is 17.0. The maximum atomic E-state index is 15.2. The molecular formula is C21H20F2N6O2. The van der Waals surface area contributed by atoms with E-state index in [4.69, 9.17) is 9.57 Å². The van der Waals surface area contributed by atoms with Crippen molar-refractivity contribution in [3.63, 3.8) is 0 Å². The molecule has 1 atom stereocenters. The molecule has 0 amide bonds. The topological polar surface area (TPSA) is 86.8 Å². The van der Waals surface area contributed by atoms with Crippen molar-refractivity contribution in [2.24, 2.45) is 5.16 Å². The second kappa shape index (κ2) is 8.68. The minimum Gasteiger partial charge on any atom is -0.393 e. The van der Waals surface area contributed by atoms with Gasteiger partial charge in [0, 0.05) is 36.2 Å². The summed E-state index contributed by atoms with van der Waals surface area (Å²) in [6.07, 6.45) is 1.49. The van der Waals surface area contributed by atoms with Crippen molar-refractivity contribution in [1.82, 2.24) is 24.8 Å². The van der Waals surface area contributed by atoms with Gasteiger partial charge in [-0.1, -0.05) is 12.1 Å². The van der Waals surface area contributed by atoms with Gasteiger partial charge < -0.3 is 9.57 Å². The van der Waals surface area contributed by atoms with E-state index in [1.807, 2.05) is 0 Å². The first-order chi connectivity index (χ1) is 15.0. The van der Waals surface area contributed by atoms with E-state index in [0.717, 1.165) is 0 Å². The molecule has 4 rings (SSSR count). The van der Waals surface area contributed by atoms with E-state index in [-0.39, 0.29) is 16.5 Å². The average molecular weight is 426 g/mol. The highest BCUT2D eigenvalue weighted by atomic mass is 19.1. The van der Waals surface area contributed by atoms with Crippen molar-refractivity contribution in [2.45, 2.75) is 19.8 Å². The lowest BCUT2D eigenvalue weighted by Gasteiger charge is -2.14. The first-order valence-corrected chi connectivity index (χ1v) is 9.62. The van der Waals surface area contributed by atoms with Gasteiger partial charge in [0.25, 0.3) is 0 Å². The zero-order chi connectivity index (χ0) is 22.0. The molecule has 0 fully saturated rings. The molecule has 1 aromatic carbocycles. The normalized spacial score (nSPS) is 13.1. The van der Waals surface area contributed by atoms with E-state index in [2.05, 4.69) is 25.4 Å². The van der Waals surface area contributed by atoms with Gasteiger partial charge in [0.1, 0.15) is 29.6 Å². The van der Waals surface area contributed by atoms with Crippen molar-refractivity contribution in [1.29, 1.82) is 0 Å². The van der Waals surface area contributed by atoms with Crippen LogP contribution in [-0.4, -0.2) is 50.8 Å². The largest absolute Gasteiger partial charge is 0.393 e. The van der Waals surface area contributed by atoms with E-state index < -0.39 is 17.6 Å². The Kier molecular flexibility index (Phi) is 5.81. The fourth-order valence-corrected chi connectivity index (χ4v) is 3.27. The van der Waals surface area contributed by atoms with E-state index in [1.165, 1.54) is 16.8 Å². The Morgan fingerprint density at radius 3 is 2.84 bits per heavy atom. The number of hydrogen-bond donors (Lipinski definition) is 0. The van der Waals surface area contributed by atoms with Crippen molar-refractivity contribution < 1.29 is 18.4 Å². The van der Waals surface area contributed by atoms with Gasteiger partial charge in [-0.05, 0) is 31.2 Å². The molecule has 0 aliphatic rings. The zero-order valence-corrected chi connectivity index (χ0v) is 17.2. The van der Waals surface area contributed by atoms with Crippen LogP contribution in [0.4, 0.5) is 8.78 Å². The quantitative estimate of drug-likeness (QED) is 0.255. The monoisotopic (exact) mass is 426 g/mol. The third-order valence-electron chi connectivity index (χ3n) is 4.89. The second-order valence-corrected chi connectivity index (χ2v) is 6.93. The van der Waals surface area contributed by atoms with Crippen LogP contribution in [0.3, 0.4) is 0 Å². The van der Waals surface area contributed by atoms with E-state index in [9.17, 15) is 4.39 Å². The van der Waals surface area contributed by atoms with Gasteiger partial charge in [0.2, 0.25) is 0 Å². The summed E-state index contributed by atoms with van der Waals surface area (Å²) in [5.41, 5.74) is 1.62. The van der Waals surface area contributed by atoms with Crippen LogP contribution in [0.5, 0.6) is 0 Å². The molecule has 0 aliphatic heterocycles. The van der Waals surface area contributed by atoms with E-state index >= 15 is 4.39 Å². The summed E-state index contributed by atoms with van der Waals surface area (Å²) in [5.74, 6) is -1.83. The van der Waals surface area contributed by atoms with Crippen molar-refractivity contribution in [3.05, 3.63) is 65.2 Å². The van der Waals surface area contributed by atoms with Gasteiger partial charge in [0.15, 0.2) is 11.5 Å². The van der Waals surface area contributed by atoms with Crippen molar-refractivity contribution >= 4 is 22.3 Å². The number of ether oxygens (including phenoxy) is 1. The van der Waals surface area contributed by atoms with Gasteiger partial charge in [-0.15, -0.1) is 10.2 Å². The van der Waals surface area contributed by atoms with Gasteiger partial charge in [-0.3, -0.25) is 4.98 Å². The first kappa shape index (κ1) is 20.7. The van der Waals surface area contributed by atoms with Crippen molar-refractivity contribution in [3.8, 4) is 0 Å². The second-order valence-electron chi connectivity index (χ2n) is 6.93. The molecule has 0 radical (unpaired) electrons. The van der Waals surface area contributed by atoms with Crippen LogP contribution in [0.15, 0.2) is 41.7 Å². The standard InChI is InChI=1S/C21H20F2N6O2/c1-12(19-15(22)11-17-14(20(19)23)5-4-8-24-17)21-26-25-18-7-6-16(27-29(18)21)13(2)28-31-10-9-30-3/h4-8,11-12H,9-10H2,1-3H3. The molecule has 0 bridgehead atoms. The lowest BCUT2D eigenvalue weighted by molar-refractivity contribution is 0.0751. The molecule has 4 aromatic rings. The van der Waals surface area contributed by atoms with Gasteiger partial charge in [0.05, 0.1) is 12.1 Å². The van der Waals surface area contributed by atoms with Crippen molar-refractivity contribution in [2.75, 3.05) is 20.3 Å². The van der Waals surface area contributed by atoms with Crippen LogP contribution < -0.4 is 0 Å². The molecule has 1 unspecified atom stereocenters. The highest BCUT2D eigenvalue weighted by Gasteiger charge is 2.25. The number of oxime groups is 1. The fraction of sp³-hybridized carbons (Fsp3) is 0.286. The third-order valence-corrected chi connectivity index (χ3v) is 4.89.